The Bertz CT molecular complexity index is 1230. The number of hydrogen-bond acceptors (Lipinski definition) is 8. The Balaban J connectivity index is 1.84. The van der Waals surface area contributed by atoms with Crippen LogP contribution in [0, 0.1) is 0 Å². The van der Waals surface area contributed by atoms with Gasteiger partial charge in [0.05, 0.1) is 26.7 Å². The first-order chi connectivity index (χ1) is 17.8. The van der Waals surface area contributed by atoms with Crippen LogP contribution in [0.2, 0.25) is 0 Å². The van der Waals surface area contributed by atoms with E-state index in [2.05, 4.69) is 0 Å². The summed E-state index contributed by atoms with van der Waals surface area (Å²) < 4.78 is 22.1. The number of fused-ring (bicyclic) bond motifs is 2. The molecule has 37 heavy (non-hydrogen) atoms. The number of phenolic OH excluding ortho intramolecular Hbond substituents is 1. The lowest BCUT2D eigenvalue weighted by atomic mass is 9.83. The number of allylic oxidation sites excluding steroid dienone is 1. The van der Waals surface area contributed by atoms with Crippen LogP contribution in [0.5, 0.6) is 23.0 Å². The average molecular weight is 509 g/mol. The second-order valence-electron chi connectivity index (χ2n) is 9.38. The zero-order valence-electron chi connectivity index (χ0n) is 21.4. The molecule has 8 heteroatoms. The van der Waals surface area contributed by atoms with Gasteiger partial charge in [0.25, 0.3) is 0 Å². The molecule has 196 valence electrons. The summed E-state index contributed by atoms with van der Waals surface area (Å²) in [5.74, 6) is -0.600. The van der Waals surface area contributed by atoms with Crippen molar-refractivity contribution >= 4 is 23.8 Å². The third kappa shape index (κ3) is 5.79. The highest BCUT2D eigenvalue weighted by molar-refractivity contribution is 5.98. The molecule has 0 fully saturated rings. The Labute approximate surface area is 216 Å². The second kappa shape index (κ2) is 11.5. The molecule has 2 atom stereocenters. The summed E-state index contributed by atoms with van der Waals surface area (Å²) in [6.07, 6.45) is 6.48. The van der Waals surface area contributed by atoms with Crippen LogP contribution < -0.4 is 14.2 Å². The van der Waals surface area contributed by atoms with Crippen LogP contribution in [0.15, 0.2) is 30.3 Å². The summed E-state index contributed by atoms with van der Waals surface area (Å²) in [6.45, 7) is 1.77. The van der Waals surface area contributed by atoms with Gasteiger partial charge in [-0.05, 0) is 50.3 Å². The molecule has 1 N–H and O–H groups in total. The van der Waals surface area contributed by atoms with Crippen molar-refractivity contribution in [3.8, 4) is 23.0 Å². The lowest BCUT2D eigenvalue weighted by Crippen LogP contribution is -2.23. The molecule has 0 saturated carbocycles. The molecule has 2 aliphatic heterocycles. The number of carbonyl (C=O) groups excluding carboxylic acids is 3. The molecule has 0 aliphatic carbocycles. The number of benzene rings is 2. The Hall–Kier alpha value is -3.81. The molecule has 0 saturated heterocycles. The third-order valence-corrected chi connectivity index (χ3v) is 6.79. The van der Waals surface area contributed by atoms with Gasteiger partial charge < -0.3 is 24.1 Å². The first kappa shape index (κ1) is 26.3. The molecule has 0 radical (unpaired) electrons. The van der Waals surface area contributed by atoms with E-state index < -0.39 is 24.0 Å². The molecule has 0 spiro atoms. The minimum atomic E-state index is -0.673. The van der Waals surface area contributed by atoms with Gasteiger partial charge in [-0.3, -0.25) is 9.59 Å². The number of ketones is 1. The maximum Gasteiger partial charge on any atom is 0.342 e. The normalized spacial score (nSPS) is 20.7. The van der Waals surface area contributed by atoms with Crippen molar-refractivity contribution in [3.05, 3.63) is 52.6 Å². The number of carbonyl (C=O) groups is 3. The van der Waals surface area contributed by atoms with Crippen molar-refractivity contribution in [3.63, 3.8) is 0 Å². The first-order valence-electron chi connectivity index (χ1n) is 12.5. The fourth-order valence-electron chi connectivity index (χ4n) is 4.89. The van der Waals surface area contributed by atoms with Gasteiger partial charge in [0.15, 0.2) is 0 Å². The zero-order valence-corrected chi connectivity index (χ0v) is 21.4. The van der Waals surface area contributed by atoms with Gasteiger partial charge in [0.1, 0.15) is 34.3 Å². The number of esters is 2. The molecule has 0 aromatic heterocycles. The second-order valence-corrected chi connectivity index (χ2v) is 9.38. The Kier molecular flexibility index (Phi) is 8.16. The van der Waals surface area contributed by atoms with Crippen LogP contribution in [0.25, 0.3) is 6.08 Å². The largest absolute Gasteiger partial charge is 0.507 e. The summed E-state index contributed by atoms with van der Waals surface area (Å²) in [5.41, 5.74) is 1.38. The number of hydrogen-bond donors (Lipinski definition) is 1. The topological polar surface area (TPSA) is 108 Å². The number of rotatable bonds is 3. The third-order valence-electron chi connectivity index (χ3n) is 6.79. The molecule has 2 aromatic carbocycles. The number of methoxy groups -OCH3 is 2. The Morgan fingerprint density at radius 3 is 2.57 bits per heavy atom. The Morgan fingerprint density at radius 2 is 1.81 bits per heavy atom. The number of cyclic esters (lactones) is 1. The molecule has 2 heterocycles. The van der Waals surface area contributed by atoms with E-state index in [4.69, 9.17) is 18.9 Å². The van der Waals surface area contributed by atoms with Gasteiger partial charge in [0.2, 0.25) is 0 Å². The maximum atomic E-state index is 13.3. The van der Waals surface area contributed by atoms with Crippen molar-refractivity contribution in [1.82, 2.24) is 0 Å². The predicted molar refractivity (Wildman–Crippen MR) is 136 cm³/mol. The summed E-state index contributed by atoms with van der Waals surface area (Å²) in [4.78, 5) is 38.0. The van der Waals surface area contributed by atoms with E-state index in [1.54, 1.807) is 44.4 Å². The summed E-state index contributed by atoms with van der Waals surface area (Å²) in [6, 6.07) is 6.81. The van der Waals surface area contributed by atoms with E-state index in [1.807, 2.05) is 6.08 Å². The maximum absolute atomic E-state index is 13.3. The van der Waals surface area contributed by atoms with Gasteiger partial charge in [-0.2, -0.15) is 0 Å². The number of phenols is 1. The van der Waals surface area contributed by atoms with Crippen LogP contribution in [-0.4, -0.2) is 43.2 Å². The SMILES string of the molecule is COc1ccc([C@@H]2CC(=O)Oc3cc4c(c(O)c32)C(=O)O[C@@H](C)CCCC(=O)CCCC=C4)c(OC)c1. The fourth-order valence-corrected chi connectivity index (χ4v) is 4.89. The molecule has 2 aromatic rings. The lowest BCUT2D eigenvalue weighted by Gasteiger charge is -2.28. The average Bonchev–Trinajstić information content (AvgIpc) is 2.86. The summed E-state index contributed by atoms with van der Waals surface area (Å²) in [5, 5.41) is 11.5. The molecule has 8 nitrogen and oxygen atoms in total. The zero-order chi connectivity index (χ0) is 26.5. The van der Waals surface area contributed by atoms with Gasteiger partial charge in [-0.15, -0.1) is 0 Å². The van der Waals surface area contributed by atoms with E-state index >= 15 is 0 Å². The molecule has 4 rings (SSSR count). The van der Waals surface area contributed by atoms with Crippen molar-refractivity contribution in [2.45, 2.75) is 63.9 Å². The van der Waals surface area contributed by atoms with Gasteiger partial charge >= 0.3 is 11.9 Å². The summed E-state index contributed by atoms with van der Waals surface area (Å²) >= 11 is 0. The van der Waals surface area contributed by atoms with Gasteiger partial charge in [-0.1, -0.05) is 18.2 Å². The monoisotopic (exact) mass is 508 g/mol. The molecule has 2 aliphatic rings. The van der Waals surface area contributed by atoms with Crippen LogP contribution >= 0.6 is 0 Å². The standard InChI is InChI=1S/C29H32O8/c1-17-8-7-11-19(30)10-6-4-5-9-18-14-24-27(28(32)26(18)29(33)36-17)22(16-25(31)37-24)21-13-12-20(34-2)15-23(21)35-3/h5,9,12-15,17,22,32H,4,6-8,10-11,16H2,1-3H3/t17-,22-/m0/s1. The molecular weight excluding hydrogens is 476 g/mol. The highest BCUT2D eigenvalue weighted by Gasteiger charge is 2.36. The molecule has 0 amide bonds. The highest BCUT2D eigenvalue weighted by atomic mass is 16.5. The molecule has 0 unspecified atom stereocenters. The van der Waals surface area contributed by atoms with E-state index in [1.165, 1.54) is 7.11 Å². The van der Waals surface area contributed by atoms with E-state index in [-0.39, 0.29) is 29.3 Å². The minimum absolute atomic E-state index is 0.0189. The van der Waals surface area contributed by atoms with Crippen molar-refractivity contribution in [1.29, 1.82) is 0 Å². The van der Waals surface area contributed by atoms with Crippen molar-refractivity contribution in [2.75, 3.05) is 14.2 Å². The lowest BCUT2D eigenvalue weighted by molar-refractivity contribution is -0.135. The first-order valence-corrected chi connectivity index (χ1v) is 12.5. The number of Topliss-reactive ketones (excluding diaryl/α,β-unsaturated/α-hetero) is 1. The molecular formula is C29H32O8. The number of ether oxygens (including phenoxy) is 4. The van der Waals surface area contributed by atoms with Gasteiger partial charge in [0, 0.05) is 36.0 Å². The Morgan fingerprint density at radius 1 is 1.03 bits per heavy atom. The van der Waals surface area contributed by atoms with Crippen LogP contribution in [0.4, 0.5) is 0 Å². The van der Waals surface area contributed by atoms with Crippen LogP contribution in [0.3, 0.4) is 0 Å². The quantitative estimate of drug-likeness (QED) is 0.438. The van der Waals surface area contributed by atoms with Crippen molar-refractivity contribution in [2.24, 2.45) is 0 Å². The smallest absolute Gasteiger partial charge is 0.342 e. The van der Waals surface area contributed by atoms with Crippen LogP contribution in [-0.2, 0) is 14.3 Å². The van der Waals surface area contributed by atoms with E-state index in [0.29, 0.717) is 66.7 Å². The van der Waals surface area contributed by atoms with Crippen LogP contribution in [0.1, 0.15) is 84.8 Å². The van der Waals surface area contributed by atoms with E-state index in [0.717, 1.165) is 0 Å². The fraction of sp³-hybridized carbons (Fsp3) is 0.414. The molecule has 0 bridgehead atoms. The minimum Gasteiger partial charge on any atom is -0.507 e. The van der Waals surface area contributed by atoms with E-state index in [9.17, 15) is 19.5 Å². The summed E-state index contributed by atoms with van der Waals surface area (Å²) in [7, 11) is 3.06. The predicted octanol–water partition coefficient (Wildman–Crippen LogP) is 5.33. The highest BCUT2D eigenvalue weighted by Crippen LogP contribution is 2.49. The van der Waals surface area contributed by atoms with Gasteiger partial charge in [-0.25, -0.2) is 4.79 Å². The van der Waals surface area contributed by atoms with Crippen molar-refractivity contribution < 1.29 is 38.4 Å². The number of aromatic hydroxyl groups is 1.